The number of ether oxygens (including phenoxy) is 1. The van der Waals surface area contributed by atoms with Crippen molar-refractivity contribution in [3.05, 3.63) is 34.9 Å². The number of fused-ring (bicyclic) bond motifs is 1. The smallest absolute Gasteiger partial charge is 0.100 e. The minimum Gasteiger partial charge on any atom is -0.390 e. The highest BCUT2D eigenvalue weighted by Crippen LogP contribution is 2.55. The van der Waals surface area contributed by atoms with Crippen LogP contribution in [0.15, 0.2) is 34.9 Å². The maximum Gasteiger partial charge on any atom is 0.100 e. The lowest BCUT2D eigenvalue weighted by Gasteiger charge is -2.41. The van der Waals surface area contributed by atoms with Gasteiger partial charge in [0.1, 0.15) is 5.60 Å². The van der Waals surface area contributed by atoms with Gasteiger partial charge in [0.15, 0.2) is 0 Å². The summed E-state index contributed by atoms with van der Waals surface area (Å²) in [6, 6.07) is 0. The van der Waals surface area contributed by atoms with Gasteiger partial charge in [0.2, 0.25) is 0 Å². The fraction of sp³-hybridized carbons (Fsp3) is 0.750. The molecule has 1 aliphatic heterocycles. The van der Waals surface area contributed by atoms with Crippen LogP contribution in [0.4, 0.5) is 0 Å². The van der Waals surface area contributed by atoms with E-state index in [-0.39, 0.29) is 5.60 Å². The van der Waals surface area contributed by atoms with Crippen LogP contribution in [-0.4, -0.2) is 46.1 Å². The van der Waals surface area contributed by atoms with Gasteiger partial charge >= 0.3 is 0 Å². The zero-order valence-corrected chi connectivity index (χ0v) is 18.3. The van der Waals surface area contributed by atoms with Gasteiger partial charge in [-0.05, 0) is 62.7 Å². The van der Waals surface area contributed by atoms with E-state index < -0.39 is 12.2 Å². The molecule has 0 amide bonds. The van der Waals surface area contributed by atoms with Gasteiger partial charge in [-0.1, -0.05) is 48.8 Å². The third-order valence-electron chi connectivity index (χ3n) is 7.74. The predicted molar refractivity (Wildman–Crippen MR) is 116 cm³/mol. The number of hydrogen-bond acceptors (Lipinski definition) is 4. The van der Waals surface area contributed by atoms with Crippen LogP contribution in [0.25, 0.3) is 0 Å². The van der Waals surface area contributed by atoms with Crippen molar-refractivity contribution in [3.8, 4) is 0 Å². The van der Waals surface area contributed by atoms with Crippen molar-refractivity contribution >= 4 is 11.8 Å². The standard InChI is InChI=1S/C24H36O3S/c1-3-24(15-27-24)16-28-14-19-9-10-20-18(5-4-12-23(19,20)2)8-6-17-7-11-21(25)22(26)13-17/h6,8-9,20-22,25-26H,3-5,7,10-16H2,1-2H3/b17-6-,18-8+. The summed E-state index contributed by atoms with van der Waals surface area (Å²) < 4.78 is 5.67. The molecule has 3 fully saturated rings. The molecule has 0 aromatic carbocycles. The van der Waals surface area contributed by atoms with Crippen LogP contribution in [-0.2, 0) is 4.74 Å². The molecule has 0 bridgehead atoms. The minimum atomic E-state index is -0.589. The van der Waals surface area contributed by atoms with Crippen molar-refractivity contribution in [1.82, 2.24) is 0 Å². The van der Waals surface area contributed by atoms with Crippen molar-refractivity contribution in [2.45, 2.75) is 83.0 Å². The molecule has 0 radical (unpaired) electrons. The summed E-state index contributed by atoms with van der Waals surface area (Å²) in [4.78, 5) is 0. The van der Waals surface area contributed by atoms with Crippen molar-refractivity contribution in [2.75, 3.05) is 18.1 Å². The van der Waals surface area contributed by atoms with Crippen molar-refractivity contribution in [1.29, 1.82) is 0 Å². The second kappa shape index (κ2) is 8.29. The van der Waals surface area contributed by atoms with E-state index in [0.717, 1.165) is 31.0 Å². The topological polar surface area (TPSA) is 53.0 Å². The number of aliphatic hydroxyl groups is 2. The van der Waals surface area contributed by atoms with E-state index in [9.17, 15) is 10.2 Å². The fourth-order valence-electron chi connectivity index (χ4n) is 5.38. The molecule has 3 nitrogen and oxygen atoms in total. The van der Waals surface area contributed by atoms with Gasteiger partial charge in [0, 0.05) is 11.5 Å². The number of hydrogen-bond donors (Lipinski definition) is 2. The summed E-state index contributed by atoms with van der Waals surface area (Å²) in [5, 5.41) is 19.7. The van der Waals surface area contributed by atoms with Crippen LogP contribution in [0.3, 0.4) is 0 Å². The molecular formula is C24H36O3S. The summed E-state index contributed by atoms with van der Waals surface area (Å²) >= 11 is 2.06. The van der Waals surface area contributed by atoms with Gasteiger partial charge in [0.25, 0.3) is 0 Å². The molecule has 1 saturated heterocycles. The minimum absolute atomic E-state index is 0.187. The highest BCUT2D eigenvalue weighted by molar-refractivity contribution is 7.99. The Balaban J connectivity index is 1.39. The lowest BCUT2D eigenvalue weighted by atomic mass is 9.64. The molecule has 3 aliphatic carbocycles. The Kier molecular flexibility index (Phi) is 6.13. The van der Waals surface area contributed by atoms with Crippen LogP contribution in [0.5, 0.6) is 0 Å². The van der Waals surface area contributed by atoms with Gasteiger partial charge in [-0.15, -0.1) is 0 Å². The first-order valence-corrected chi connectivity index (χ1v) is 12.3. The molecule has 5 unspecified atom stereocenters. The SMILES string of the molecule is CCC1(CSCC2=CCC3/C(=C/C=C4/CCC(O)C(O)C4)CCCC23C)CO1. The predicted octanol–water partition coefficient (Wildman–Crippen LogP) is 4.79. The van der Waals surface area contributed by atoms with Crippen LogP contribution in [0.1, 0.15) is 65.2 Å². The Morgan fingerprint density at radius 2 is 2.07 bits per heavy atom. The van der Waals surface area contributed by atoms with Crippen molar-refractivity contribution < 1.29 is 14.9 Å². The number of aliphatic hydroxyl groups excluding tert-OH is 2. The van der Waals surface area contributed by atoms with Crippen molar-refractivity contribution in [2.24, 2.45) is 11.3 Å². The van der Waals surface area contributed by atoms with E-state index in [1.54, 1.807) is 11.1 Å². The zero-order chi connectivity index (χ0) is 19.8. The normalized spacial score (nSPS) is 43.3. The van der Waals surface area contributed by atoms with Crippen LogP contribution in [0.2, 0.25) is 0 Å². The first kappa shape index (κ1) is 20.7. The first-order valence-electron chi connectivity index (χ1n) is 11.1. The average Bonchev–Trinajstić information content (AvgIpc) is 3.39. The Labute approximate surface area is 174 Å². The first-order chi connectivity index (χ1) is 13.5. The molecular weight excluding hydrogens is 368 g/mol. The molecule has 4 aliphatic rings. The third kappa shape index (κ3) is 4.16. The van der Waals surface area contributed by atoms with E-state index in [2.05, 4.69) is 43.8 Å². The quantitative estimate of drug-likeness (QED) is 0.493. The summed E-state index contributed by atoms with van der Waals surface area (Å²) in [7, 11) is 0. The summed E-state index contributed by atoms with van der Waals surface area (Å²) in [6.45, 7) is 5.67. The molecule has 4 rings (SSSR count). The Bertz CT molecular complexity index is 675. The molecule has 1 heterocycles. The Hall–Kier alpha value is -0.550. The Morgan fingerprint density at radius 3 is 2.79 bits per heavy atom. The molecule has 2 N–H and O–H groups in total. The fourth-order valence-corrected chi connectivity index (χ4v) is 6.89. The molecule has 2 saturated carbocycles. The second-order valence-electron chi connectivity index (χ2n) is 9.55. The number of rotatable bonds is 6. The maximum absolute atomic E-state index is 9.94. The molecule has 0 aromatic heterocycles. The number of allylic oxidation sites excluding steroid dienone is 4. The summed E-state index contributed by atoms with van der Waals surface area (Å²) in [5.41, 5.74) is 5.04. The summed E-state index contributed by atoms with van der Waals surface area (Å²) in [6.07, 6.45) is 14.3. The number of epoxide rings is 1. The molecule has 0 spiro atoms. The number of thioether (sulfide) groups is 1. The monoisotopic (exact) mass is 404 g/mol. The zero-order valence-electron chi connectivity index (χ0n) is 17.5. The van der Waals surface area contributed by atoms with E-state index >= 15 is 0 Å². The van der Waals surface area contributed by atoms with Crippen LogP contribution in [0, 0.1) is 11.3 Å². The second-order valence-corrected chi connectivity index (χ2v) is 10.5. The van der Waals surface area contributed by atoms with Gasteiger partial charge in [-0.2, -0.15) is 11.8 Å². The van der Waals surface area contributed by atoms with E-state index in [1.165, 1.54) is 31.3 Å². The molecule has 5 atom stereocenters. The highest BCUT2D eigenvalue weighted by Gasteiger charge is 2.46. The van der Waals surface area contributed by atoms with Gasteiger partial charge in [0.05, 0.1) is 18.8 Å². The van der Waals surface area contributed by atoms with E-state index in [0.29, 0.717) is 24.2 Å². The van der Waals surface area contributed by atoms with E-state index in [1.807, 2.05) is 0 Å². The average molecular weight is 405 g/mol. The van der Waals surface area contributed by atoms with Gasteiger partial charge < -0.3 is 14.9 Å². The molecule has 156 valence electrons. The molecule has 28 heavy (non-hydrogen) atoms. The summed E-state index contributed by atoms with van der Waals surface area (Å²) in [5.74, 6) is 2.92. The van der Waals surface area contributed by atoms with E-state index in [4.69, 9.17) is 4.74 Å². The van der Waals surface area contributed by atoms with Crippen LogP contribution < -0.4 is 0 Å². The lowest BCUT2D eigenvalue weighted by molar-refractivity contribution is 0.00411. The molecule has 4 heteroatoms. The van der Waals surface area contributed by atoms with Crippen molar-refractivity contribution in [3.63, 3.8) is 0 Å². The maximum atomic E-state index is 9.94. The lowest BCUT2D eigenvalue weighted by Crippen LogP contribution is -2.31. The largest absolute Gasteiger partial charge is 0.390 e. The van der Waals surface area contributed by atoms with Gasteiger partial charge in [-0.3, -0.25) is 0 Å². The Morgan fingerprint density at radius 1 is 1.25 bits per heavy atom. The molecule has 0 aromatic rings. The third-order valence-corrected chi connectivity index (χ3v) is 8.99. The highest BCUT2D eigenvalue weighted by atomic mass is 32.2. The van der Waals surface area contributed by atoms with Gasteiger partial charge in [-0.25, -0.2) is 0 Å². The van der Waals surface area contributed by atoms with Crippen LogP contribution >= 0.6 is 11.8 Å².